The van der Waals surface area contributed by atoms with Gasteiger partial charge in [0.1, 0.15) is 0 Å². The molecular formula is C14H24N4S. The molecule has 0 bridgehead atoms. The molecule has 0 saturated carbocycles. The molecule has 0 aliphatic carbocycles. The summed E-state index contributed by atoms with van der Waals surface area (Å²) in [5.41, 5.74) is 7.19. The van der Waals surface area contributed by atoms with Crippen LogP contribution in [0.25, 0.3) is 0 Å². The van der Waals surface area contributed by atoms with Crippen molar-refractivity contribution in [2.45, 2.75) is 40.0 Å². The van der Waals surface area contributed by atoms with Crippen LogP contribution in [0.1, 0.15) is 35.3 Å². The van der Waals surface area contributed by atoms with Crippen molar-refractivity contribution in [3.05, 3.63) is 15.6 Å². The van der Waals surface area contributed by atoms with E-state index < -0.39 is 0 Å². The maximum atomic E-state index is 6.05. The van der Waals surface area contributed by atoms with Gasteiger partial charge in [0.2, 0.25) is 0 Å². The van der Waals surface area contributed by atoms with Crippen LogP contribution in [0, 0.1) is 19.8 Å². The molecule has 1 fully saturated rings. The third-order valence-corrected chi connectivity index (χ3v) is 4.91. The minimum absolute atomic E-state index is 0.705. The normalized spacial score (nSPS) is 18.1. The summed E-state index contributed by atoms with van der Waals surface area (Å²) < 4.78 is 0. The molecule has 0 amide bonds. The van der Waals surface area contributed by atoms with E-state index in [2.05, 4.69) is 35.6 Å². The number of piperidine rings is 1. The maximum Gasteiger partial charge on any atom is 0.191 e. The van der Waals surface area contributed by atoms with E-state index in [1.165, 1.54) is 22.7 Å². The van der Waals surface area contributed by atoms with Gasteiger partial charge in [-0.25, -0.2) is 4.98 Å². The van der Waals surface area contributed by atoms with Crippen molar-refractivity contribution in [1.82, 2.24) is 9.88 Å². The Kier molecular flexibility index (Phi) is 4.80. The maximum absolute atomic E-state index is 6.05. The first-order chi connectivity index (χ1) is 9.06. The number of thiazole rings is 1. The van der Waals surface area contributed by atoms with E-state index in [1.807, 2.05) is 0 Å². The number of aliphatic imine (C=N–C) groups is 1. The lowest BCUT2D eigenvalue weighted by Crippen LogP contribution is -2.42. The van der Waals surface area contributed by atoms with Crippen LogP contribution in [-0.2, 0) is 6.42 Å². The highest BCUT2D eigenvalue weighted by Gasteiger charge is 2.16. The molecule has 1 aliphatic rings. The average Bonchev–Trinajstić information content (AvgIpc) is 2.69. The van der Waals surface area contributed by atoms with Gasteiger partial charge in [-0.1, -0.05) is 6.92 Å². The molecule has 19 heavy (non-hydrogen) atoms. The van der Waals surface area contributed by atoms with Gasteiger partial charge in [-0.15, -0.1) is 11.3 Å². The number of hydrogen-bond acceptors (Lipinski definition) is 3. The van der Waals surface area contributed by atoms with Crippen LogP contribution in [0.5, 0.6) is 0 Å². The summed E-state index contributed by atoms with van der Waals surface area (Å²) in [4.78, 5) is 12.5. The first kappa shape index (κ1) is 14.3. The lowest BCUT2D eigenvalue weighted by atomic mass is 10.00. The second kappa shape index (κ2) is 6.37. The molecule has 0 radical (unpaired) electrons. The Morgan fingerprint density at radius 3 is 2.68 bits per heavy atom. The second-order valence-electron chi connectivity index (χ2n) is 5.41. The van der Waals surface area contributed by atoms with Crippen molar-refractivity contribution >= 4 is 17.3 Å². The van der Waals surface area contributed by atoms with Crippen LogP contribution >= 0.6 is 11.3 Å². The molecule has 2 N–H and O–H groups in total. The fourth-order valence-corrected chi connectivity index (χ4v) is 3.17. The molecule has 1 saturated heterocycles. The number of nitrogens with zero attached hydrogens (tertiary/aromatic N) is 3. The summed E-state index contributed by atoms with van der Waals surface area (Å²) in [6, 6.07) is 0. The van der Waals surface area contributed by atoms with Gasteiger partial charge in [-0.3, -0.25) is 4.99 Å². The number of likely N-dealkylation sites (tertiary alicyclic amines) is 1. The van der Waals surface area contributed by atoms with Crippen molar-refractivity contribution in [2.24, 2.45) is 16.6 Å². The van der Waals surface area contributed by atoms with Crippen LogP contribution < -0.4 is 5.73 Å². The lowest BCUT2D eigenvalue weighted by Gasteiger charge is -2.31. The van der Waals surface area contributed by atoms with E-state index in [-0.39, 0.29) is 0 Å². The standard InChI is InChI=1S/C14H24N4S/c1-10-5-8-18(9-6-10)14(15)16-7-4-13-17-11(2)12(3)19-13/h10H,4-9H2,1-3H3,(H2,15,16). The van der Waals surface area contributed by atoms with Crippen molar-refractivity contribution < 1.29 is 0 Å². The Balaban J connectivity index is 1.81. The van der Waals surface area contributed by atoms with E-state index in [0.29, 0.717) is 5.96 Å². The highest BCUT2D eigenvalue weighted by molar-refractivity contribution is 7.11. The summed E-state index contributed by atoms with van der Waals surface area (Å²) in [5.74, 6) is 1.53. The molecule has 5 heteroatoms. The van der Waals surface area contributed by atoms with Crippen LogP contribution in [0.15, 0.2) is 4.99 Å². The predicted octanol–water partition coefficient (Wildman–Crippen LogP) is 2.35. The Labute approximate surface area is 119 Å². The summed E-state index contributed by atoms with van der Waals surface area (Å²) in [6.45, 7) is 9.31. The van der Waals surface area contributed by atoms with Gasteiger partial charge in [-0.05, 0) is 32.6 Å². The number of aromatic nitrogens is 1. The third-order valence-electron chi connectivity index (χ3n) is 3.78. The van der Waals surface area contributed by atoms with E-state index in [0.717, 1.165) is 37.7 Å². The van der Waals surface area contributed by atoms with Gasteiger partial charge in [0.15, 0.2) is 5.96 Å². The number of aryl methyl sites for hydroxylation is 2. The van der Waals surface area contributed by atoms with Gasteiger partial charge < -0.3 is 10.6 Å². The van der Waals surface area contributed by atoms with Crippen molar-refractivity contribution in [3.8, 4) is 0 Å². The summed E-state index contributed by atoms with van der Waals surface area (Å²) in [6.07, 6.45) is 3.34. The minimum atomic E-state index is 0.705. The van der Waals surface area contributed by atoms with E-state index >= 15 is 0 Å². The summed E-state index contributed by atoms with van der Waals surface area (Å²) in [7, 11) is 0. The Bertz CT molecular complexity index is 425. The Hall–Kier alpha value is -1.10. The van der Waals surface area contributed by atoms with E-state index in [4.69, 9.17) is 5.73 Å². The number of guanidine groups is 1. The molecule has 0 aromatic carbocycles. The highest BCUT2D eigenvalue weighted by atomic mass is 32.1. The Morgan fingerprint density at radius 2 is 2.11 bits per heavy atom. The van der Waals surface area contributed by atoms with Crippen LogP contribution in [-0.4, -0.2) is 35.5 Å². The highest BCUT2D eigenvalue weighted by Crippen LogP contribution is 2.17. The zero-order valence-corrected chi connectivity index (χ0v) is 13.0. The molecule has 0 atom stereocenters. The molecule has 1 aromatic heterocycles. The number of hydrogen-bond donors (Lipinski definition) is 1. The topological polar surface area (TPSA) is 54.5 Å². The minimum Gasteiger partial charge on any atom is -0.370 e. The Morgan fingerprint density at radius 1 is 1.42 bits per heavy atom. The van der Waals surface area contributed by atoms with E-state index in [1.54, 1.807) is 11.3 Å². The largest absolute Gasteiger partial charge is 0.370 e. The molecule has 4 nitrogen and oxygen atoms in total. The van der Waals surface area contributed by atoms with Crippen molar-refractivity contribution in [1.29, 1.82) is 0 Å². The summed E-state index contributed by atoms with van der Waals surface area (Å²) >= 11 is 1.77. The van der Waals surface area contributed by atoms with Crippen LogP contribution in [0.2, 0.25) is 0 Å². The average molecular weight is 280 g/mol. The molecule has 2 rings (SSSR count). The zero-order valence-electron chi connectivity index (χ0n) is 12.1. The quantitative estimate of drug-likeness (QED) is 0.683. The lowest BCUT2D eigenvalue weighted by molar-refractivity contribution is 0.277. The monoisotopic (exact) mass is 280 g/mol. The molecule has 0 unspecified atom stereocenters. The molecule has 106 valence electrons. The molecule has 1 aliphatic heterocycles. The van der Waals surface area contributed by atoms with Gasteiger partial charge in [0.25, 0.3) is 0 Å². The SMILES string of the molecule is Cc1nc(CCN=C(N)N2CCC(C)CC2)sc1C. The first-order valence-electron chi connectivity index (χ1n) is 7.04. The van der Waals surface area contributed by atoms with Gasteiger partial charge >= 0.3 is 0 Å². The number of nitrogens with two attached hydrogens (primary N) is 1. The fraction of sp³-hybridized carbons (Fsp3) is 0.714. The van der Waals surface area contributed by atoms with Crippen LogP contribution in [0.4, 0.5) is 0 Å². The zero-order chi connectivity index (χ0) is 13.8. The molecule has 2 heterocycles. The van der Waals surface area contributed by atoms with Crippen LogP contribution in [0.3, 0.4) is 0 Å². The van der Waals surface area contributed by atoms with Gasteiger partial charge in [-0.2, -0.15) is 0 Å². The molecular weight excluding hydrogens is 256 g/mol. The smallest absolute Gasteiger partial charge is 0.191 e. The number of rotatable bonds is 3. The van der Waals surface area contributed by atoms with Crippen molar-refractivity contribution in [2.75, 3.05) is 19.6 Å². The van der Waals surface area contributed by atoms with Crippen molar-refractivity contribution in [3.63, 3.8) is 0 Å². The second-order valence-corrected chi connectivity index (χ2v) is 6.70. The van der Waals surface area contributed by atoms with E-state index in [9.17, 15) is 0 Å². The predicted molar refractivity (Wildman–Crippen MR) is 81.8 cm³/mol. The van der Waals surface area contributed by atoms with Gasteiger partial charge in [0.05, 0.1) is 10.7 Å². The summed E-state index contributed by atoms with van der Waals surface area (Å²) in [5, 5.41) is 1.17. The third kappa shape index (κ3) is 3.93. The fourth-order valence-electron chi connectivity index (χ4n) is 2.25. The van der Waals surface area contributed by atoms with Gasteiger partial charge in [0, 0.05) is 30.9 Å². The first-order valence-corrected chi connectivity index (χ1v) is 7.85. The molecule has 1 aromatic rings. The molecule has 0 spiro atoms.